The first-order valence-corrected chi connectivity index (χ1v) is 13.8. The zero-order valence-corrected chi connectivity index (χ0v) is 22.9. The van der Waals surface area contributed by atoms with Crippen LogP contribution >= 0.6 is 11.6 Å². The summed E-state index contributed by atoms with van der Waals surface area (Å²) in [5.41, 5.74) is 1.22. The topological polar surface area (TPSA) is 105 Å². The number of likely N-dealkylation sites (N-methyl/N-ethyl adjacent to an activating group) is 1. The van der Waals surface area contributed by atoms with Crippen LogP contribution in [-0.2, 0) is 26.2 Å². The fraction of sp³-hybridized carbons (Fsp3) is 0.440. The van der Waals surface area contributed by atoms with Crippen LogP contribution in [-0.4, -0.2) is 64.7 Å². The summed E-state index contributed by atoms with van der Waals surface area (Å²) in [6, 6.07) is 11.2. The largest absolute Gasteiger partial charge is 0.497 e. The number of hydrogen-bond acceptors (Lipinski definition) is 6. The van der Waals surface area contributed by atoms with Gasteiger partial charge in [-0.1, -0.05) is 23.7 Å². The molecule has 2 amide bonds. The smallest absolute Gasteiger partial charge is 0.242 e. The molecule has 0 aromatic heterocycles. The molecule has 36 heavy (non-hydrogen) atoms. The third kappa shape index (κ3) is 8.03. The molecule has 0 aliphatic heterocycles. The standard InChI is InChI=1S/C25H34ClN3O6S/c1-6-27-25(31)18(2)28(17-19-9-12-21(34-3)13-10-19)24(30)8-7-15-29(36(5,32)33)20-11-14-23(35-4)22(26)16-20/h9-14,16,18H,6-8,15,17H2,1-5H3,(H,27,31)/t18-/m1/s1. The zero-order valence-electron chi connectivity index (χ0n) is 21.3. The number of rotatable bonds is 13. The van der Waals surface area contributed by atoms with E-state index in [1.165, 1.54) is 22.4 Å². The Bertz CT molecular complexity index is 1140. The van der Waals surface area contributed by atoms with Crippen molar-refractivity contribution in [2.45, 2.75) is 39.3 Å². The lowest BCUT2D eigenvalue weighted by Crippen LogP contribution is -2.47. The molecule has 2 aromatic rings. The van der Waals surface area contributed by atoms with Crippen molar-refractivity contribution in [2.75, 3.05) is 37.9 Å². The number of sulfonamides is 1. The normalized spacial score (nSPS) is 11.9. The molecule has 198 valence electrons. The Balaban J connectivity index is 2.17. The van der Waals surface area contributed by atoms with E-state index < -0.39 is 16.1 Å². The highest BCUT2D eigenvalue weighted by atomic mass is 35.5. The summed E-state index contributed by atoms with van der Waals surface area (Å²) in [6.45, 7) is 4.23. The number of methoxy groups -OCH3 is 2. The number of halogens is 1. The molecule has 0 spiro atoms. The molecule has 0 heterocycles. The van der Waals surface area contributed by atoms with Gasteiger partial charge >= 0.3 is 0 Å². The van der Waals surface area contributed by atoms with Gasteiger partial charge in [0.25, 0.3) is 0 Å². The number of anilines is 1. The van der Waals surface area contributed by atoms with Gasteiger partial charge in [0.2, 0.25) is 21.8 Å². The second-order valence-electron chi connectivity index (χ2n) is 8.20. The summed E-state index contributed by atoms with van der Waals surface area (Å²) in [6.07, 6.45) is 1.40. The Morgan fingerprint density at radius 2 is 1.75 bits per heavy atom. The predicted molar refractivity (Wildman–Crippen MR) is 141 cm³/mol. The van der Waals surface area contributed by atoms with E-state index in [1.54, 1.807) is 38.3 Å². The third-order valence-corrected chi connectivity index (χ3v) is 7.10. The first kappa shape index (κ1) is 29.3. The van der Waals surface area contributed by atoms with Gasteiger partial charge in [0.1, 0.15) is 17.5 Å². The van der Waals surface area contributed by atoms with Crippen LogP contribution in [0.4, 0.5) is 5.69 Å². The van der Waals surface area contributed by atoms with E-state index in [0.717, 1.165) is 11.8 Å². The molecule has 0 aliphatic rings. The molecule has 1 atom stereocenters. The molecular formula is C25H34ClN3O6S. The van der Waals surface area contributed by atoms with Gasteiger partial charge in [0, 0.05) is 26.1 Å². The highest BCUT2D eigenvalue weighted by Gasteiger charge is 2.26. The van der Waals surface area contributed by atoms with Crippen LogP contribution in [0.15, 0.2) is 42.5 Å². The van der Waals surface area contributed by atoms with E-state index in [1.807, 2.05) is 19.1 Å². The summed E-state index contributed by atoms with van der Waals surface area (Å²) < 4.78 is 36.4. The number of nitrogens with zero attached hydrogens (tertiary/aromatic N) is 2. The summed E-state index contributed by atoms with van der Waals surface area (Å²) in [5, 5.41) is 3.03. The molecule has 1 N–H and O–H groups in total. The lowest BCUT2D eigenvalue weighted by atomic mass is 10.1. The van der Waals surface area contributed by atoms with Crippen molar-refractivity contribution in [1.29, 1.82) is 0 Å². The van der Waals surface area contributed by atoms with Crippen molar-refractivity contribution in [3.05, 3.63) is 53.1 Å². The predicted octanol–water partition coefficient (Wildman–Crippen LogP) is 3.46. The fourth-order valence-electron chi connectivity index (χ4n) is 3.65. The summed E-state index contributed by atoms with van der Waals surface area (Å²) in [7, 11) is -0.588. The number of ether oxygens (including phenoxy) is 2. The van der Waals surface area contributed by atoms with E-state index in [-0.39, 0.29) is 42.8 Å². The molecule has 2 rings (SSSR count). The van der Waals surface area contributed by atoms with Crippen molar-refractivity contribution >= 4 is 39.1 Å². The van der Waals surface area contributed by atoms with Gasteiger partial charge in [0.05, 0.1) is 31.2 Å². The quantitative estimate of drug-likeness (QED) is 0.418. The van der Waals surface area contributed by atoms with E-state index in [2.05, 4.69) is 5.32 Å². The first-order valence-electron chi connectivity index (χ1n) is 11.5. The molecule has 0 aliphatic carbocycles. The number of carbonyl (C=O) groups is 2. The molecular weight excluding hydrogens is 506 g/mol. The van der Waals surface area contributed by atoms with Crippen molar-refractivity contribution in [3.63, 3.8) is 0 Å². The molecule has 9 nitrogen and oxygen atoms in total. The van der Waals surface area contributed by atoms with Gasteiger partial charge in [-0.2, -0.15) is 0 Å². The molecule has 2 aromatic carbocycles. The summed E-state index contributed by atoms with van der Waals surface area (Å²) in [4.78, 5) is 27.3. The highest BCUT2D eigenvalue weighted by molar-refractivity contribution is 7.92. The second kappa shape index (κ2) is 13.4. The van der Waals surface area contributed by atoms with E-state index in [9.17, 15) is 18.0 Å². The van der Waals surface area contributed by atoms with Crippen LogP contribution in [0.1, 0.15) is 32.3 Å². The number of carbonyl (C=O) groups excluding carboxylic acids is 2. The fourth-order valence-corrected chi connectivity index (χ4v) is 4.86. The summed E-state index contributed by atoms with van der Waals surface area (Å²) in [5.74, 6) is 0.598. The SMILES string of the molecule is CCNC(=O)[C@@H](C)N(Cc1ccc(OC)cc1)C(=O)CCCN(c1ccc(OC)c(Cl)c1)S(C)(=O)=O. The minimum absolute atomic E-state index is 0.0514. The van der Waals surface area contributed by atoms with Crippen molar-refractivity contribution in [1.82, 2.24) is 10.2 Å². The Labute approximate surface area is 218 Å². The van der Waals surface area contributed by atoms with Gasteiger partial charge in [-0.15, -0.1) is 0 Å². The van der Waals surface area contributed by atoms with Gasteiger partial charge in [0.15, 0.2) is 0 Å². The van der Waals surface area contributed by atoms with Crippen LogP contribution in [0.3, 0.4) is 0 Å². The zero-order chi connectivity index (χ0) is 26.9. The first-order chi connectivity index (χ1) is 17.0. The van der Waals surface area contributed by atoms with Crippen LogP contribution in [0, 0.1) is 0 Å². The molecule has 0 bridgehead atoms. The third-order valence-electron chi connectivity index (χ3n) is 5.61. The van der Waals surface area contributed by atoms with Gasteiger partial charge in [-0.3, -0.25) is 13.9 Å². The molecule has 0 saturated heterocycles. The Kier molecular flexibility index (Phi) is 10.9. The molecule has 0 fully saturated rings. The Morgan fingerprint density at radius 3 is 2.28 bits per heavy atom. The lowest BCUT2D eigenvalue weighted by Gasteiger charge is -2.29. The maximum Gasteiger partial charge on any atom is 0.242 e. The maximum absolute atomic E-state index is 13.2. The maximum atomic E-state index is 13.2. The molecule has 0 radical (unpaired) electrons. The van der Waals surface area contributed by atoms with Crippen molar-refractivity contribution in [2.24, 2.45) is 0 Å². The van der Waals surface area contributed by atoms with E-state index in [0.29, 0.717) is 23.7 Å². The van der Waals surface area contributed by atoms with Crippen LogP contribution < -0.4 is 19.1 Å². The molecule has 11 heteroatoms. The number of benzene rings is 2. The van der Waals surface area contributed by atoms with Crippen molar-refractivity contribution < 1.29 is 27.5 Å². The Hall–Kier alpha value is -2.98. The minimum Gasteiger partial charge on any atom is -0.497 e. The summed E-state index contributed by atoms with van der Waals surface area (Å²) >= 11 is 6.18. The van der Waals surface area contributed by atoms with E-state index >= 15 is 0 Å². The minimum atomic E-state index is -3.63. The van der Waals surface area contributed by atoms with Crippen LogP contribution in [0.25, 0.3) is 0 Å². The van der Waals surface area contributed by atoms with E-state index in [4.69, 9.17) is 21.1 Å². The van der Waals surface area contributed by atoms with Crippen LogP contribution in [0.2, 0.25) is 5.02 Å². The number of hydrogen-bond donors (Lipinski definition) is 1. The average molecular weight is 540 g/mol. The Morgan fingerprint density at radius 1 is 1.08 bits per heavy atom. The number of nitrogens with one attached hydrogen (secondary N) is 1. The molecule has 0 saturated carbocycles. The number of amides is 2. The highest BCUT2D eigenvalue weighted by Crippen LogP contribution is 2.30. The second-order valence-corrected chi connectivity index (χ2v) is 10.5. The van der Waals surface area contributed by atoms with Gasteiger partial charge < -0.3 is 19.7 Å². The monoisotopic (exact) mass is 539 g/mol. The van der Waals surface area contributed by atoms with Crippen LogP contribution in [0.5, 0.6) is 11.5 Å². The van der Waals surface area contributed by atoms with Crippen molar-refractivity contribution in [3.8, 4) is 11.5 Å². The van der Waals surface area contributed by atoms with Gasteiger partial charge in [-0.25, -0.2) is 8.42 Å². The van der Waals surface area contributed by atoms with Gasteiger partial charge in [-0.05, 0) is 56.2 Å². The lowest BCUT2D eigenvalue weighted by molar-refractivity contribution is -0.140. The average Bonchev–Trinajstić information content (AvgIpc) is 2.84. The molecule has 0 unspecified atom stereocenters.